The molecular weight excluding hydrogens is 316 g/mol. The molecule has 6 heteroatoms. The highest BCUT2D eigenvalue weighted by Crippen LogP contribution is 2.16. The van der Waals surface area contributed by atoms with Gasteiger partial charge in [-0.1, -0.05) is 30.3 Å². The van der Waals surface area contributed by atoms with E-state index in [-0.39, 0.29) is 5.75 Å². The minimum atomic E-state index is -3.42. The van der Waals surface area contributed by atoms with Crippen molar-refractivity contribution in [3.63, 3.8) is 0 Å². The third kappa shape index (κ3) is 3.82. The summed E-state index contributed by atoms with van der Waals surface area (Å²) in [6.45, 7) is 0. The van der Waals surface area contributed by atoms with Crippen LogP contribution in [0.5, 0.6) is 0 Å². The Morgan fingerprint density at radius 3 is 2.56 bits per heavy atom. The van der Waals surface area contributed by atoms with Crippen molar-refractivity contribution < 1.29 is 8.42 Å². The number of rotatable bonds is 4. The lowest BCUT2D eigenvalue weighted by atomic mass is 10.2. The minimum Gasteiger partial charge on any atom is -0.282 e. The molecule has 0 amide bonds. The number of nitrogens with one attached hydrogen (secondary N) is 1. The third-order valence-corrected chi connectivity index (χ3v) is 3.87. The summed E-state index contributed by atoms with van der Waals surface area (Å²) in [5.41, 5.74) is 1.19. The molecule has 1 aromatic carbocycles. The van der Waals surface area contributed by atoms with Crippen molar-refractivity contribution >= 4 is 31.6 Å². The van der Waals surface area contributed by atoms with E-state index in [0.717, 1.165) is 10.0 Å². The zero-order chi connectivity index (χ0) is 13.0. The molecule has 0 aliphatic heterocycles. The number of nitrogens with zero attached hydrogens (tertiary/aromatic N) is 1. The molecule has 0 bridgehead atoms. The summed E-state index contributed by atoms with van der Waals surface area (Å²) in [6.07, 6.45) is 3.06. The van der Waals surface area contributed by atoms with Crippen LogP contribution in [-0.2, 0) is 15.8 Å². The van der Waals surface area contributed by atoms with Gasteiger partial charge in [-0.2, -0.15) is 0 Å². The van der Waals surface area contributed by atoms with Crippen molar-refractivity contribution in [2.24, 2.45) is 0 Å². The van der Waals surface area contributed by atoms with Gasteiger partial charge in [-0.05, 0) is 27.6 Å². The van der Waals surface area contributed by atoms with E-state index in [9.17, 15) is 8.42 Å². The lowest BCUT2D eigenvalue weighted by Gasteiger charge is -2.07. The highest BCUT2D eigenvalue weighted by molar-refractivity contribution is 9.10. The van der Waals surface area contributed by atoms with E-state index >= 15 is 0 Å². The Labute approximate surface area is 114 Å². The normalized spacial score (nSPS) is 11.2. The van der Waals surface area contributed by atoms with Crippen molar-refractivity contribution in [3.8, 4) is 0 Å². The van der Waals surface area contributed by atoms with Crippen LogP contribution >= 0.6 is 15.9 Å². The molecule has 94 valence electrons. The largest absolute Gasteiger partial charge is 0.282 e. The van der Waals surface area contributed by atoms with Crippen molar-refractivity contribution in [1.82, 2.24) is 4.98 Å². The van der Waals surface area contributed by atoms with Gasteiger partial charge >= 0.3 is 0 Å². The standard InChI is InChI=1S/C12H11BrN2O2S/c13-11-6-12(8-14-7-11)15-18(16,17)9-10-4-2-1-3-5-10/h1-8,15H,9H2. The molecule has 4 nitrogen and oxygen atoms in total. The maximum atomic E-state index is 11.9. The number of benzene rings is 1. The summed E-state index contributed by atoms with van der Waals surface area (Å²) in [5.74, 6) is -0.0552. The van der Waals surface area contributed by atoms with E-state index in [1.165, 1.54) is 6.20 Å². The number of pyridine rings is 1. The Bertz CT molecular complexity index is 630. The Morgan fingerprint density at radius 2 is 1.89 bits per heavy atom. The zero-order valence-corrected chi connectivity index (χ0v) is 11.8. The van der Waals surface area contributed by atoms with E-state index < -0.39 is 10.0 Å². The average molecular weight is 327 g/mol. The van der Waals surface area contributed by atoms with Gasteiger partial charge in [0.1, 0.15) is 0 Å². The molecule has 0 radical (unpaired) electrons. The summed E-state index contributed by atoms with van der Waals surface area (Å²) in [5, 5.41) is 0. The molecule has 18 heavy (non-hydrogen) atoms. The molecule has 2 rings (SSSR count). The molecule has 0 aliphatic carbocycles. The van der Waals surface area contributed by atoms with Gasteiger partial charge in [0.2, 0.25) is 10.0 Å². The predicted octanol–water partition coefficient (Wildman–Crippen LogP) is 2.79. The SMILES string of the molecule is O=S(=O)(Cc1ccccc1)Nc1cncc(Br)c1. The molecular formula is C12H11BrN2O2S. The lowest BCUT2D eigenvalue weighted by molar-refractivity contribution is 0.600. The third-order valence-electron chi connectivity index (χ3n) is 2.18. The van der Waals surface area contributed by atoms with Gasteiger partial charge in [0, 0.05) is 10.7 Å². The minimum absolute atomic E-state index is 0.0552. The Hall–Kier alpha value is -1.40. The second kappa shape index (κ2) is 5.49. The average Bonchev–Trinajstić information content (AvgIpc) is 2.28. The van der Waals surface area contributed by atoms with Crippen LogP contribution < -0.4 is 4.72 Å². The predicted molar refractivity (Wildman–Crippen MR) is 74.6 cm³/mol. The Kier molecular flexibility index (Phi) is 3.98. The van der Waals surface area contributed by atoms with Gasteiger partial charge in [0.15, 0.2) is 0 Å². The second-order valence-corrected chi connectivity index (χ2v) is 6.38. The molecule has 0 saturated heterocycles. The summed E-state index contributed by atoms with van der Waals surface area (Å²) >= 11 is 3.24. The first kappa shape index (κ1) is 13.0. The molecule has 0 aliphatic rings. The van der Waals surface area contributed by atoms with Crippen LogP contribution in [0, 0.1) is 0 Å². The quantitative estimate of drug-likeness (QED) is 0.939. The van der Waals surface area contributed by atoms with Crippen LogP contribution in [0.1, 0.15) is 5.56 Å². The summed E-state index contributed by atoms with van der Waals surface area (Å²) < 4.78 is 27.1. The molecule has 0 saturated carbocycles. The maximum Gasteiger partial charge on any atom is 0.236 e. The molecule has 1 heterocycles. The van der Waals surface area contributed by atoms with Crippen molar-refractivity contribution in [1.29, 1.82) is 0 Å². The summed E-state index contributed by atoms with van der Waals surface area (Å²) in [7, 11) is -3.42. The fourth-order valence-corrected chi connectivity index (χ4v) is 3.02. The van der Waals surface area contributed by atoms with Gasteiger partial charge in [-0.25, -0.2) is 8.42 Å². The first-order valence-electron chi connectivity index (χ1n) is 5.20. The number of aromatic nitrogens is 1. The number of sulfonamides is 1. The van der Waals surface area contributed by atoms with Crippen LogP contribution in [0.4, 0.5) is 5.69 Å². The second-order valence-electron chi connectivity index (χ2n) is 3.74. The number of halogens is 1. The van der Waals surface area contributed by atoms with Crippen molar-refractivity contribution in [3.05, 3.63) is 58.8 Å². The zero-order valence-electron chi connectivity index (χ0n) is 9.38. The van der Waals surface area contributed by atoms with Crippen molar-refractivity contribution in [2.45, 2.75) is 5.75 Å². The molecule has 2 aromatic rings. The van der Waals surface area contributed by atoms with Crippen LogP contribution in [0.25, 0.3) is 0 Å². The summed E-state index contributed by atoms with van der Waals surface area (Å²) in [6, 6.07) is 10.7. The Balaban J connectivity index is 2.13. The highest BCUT2D eigenvalue weighted by atomic mass is 79.9. The highest BCUT2D eigenvalue weighted by Gasteiger charge is 2.11. The van der Waals surface area contributed by atoms with Crippen LogP contribution in [0.15, 0.2) is 53.3 Å². The van der Waals surface area contributed by atoms with Gasteiger partial charge in [-0.15, -0.1) is 0 Å². The smallest absolute Gasteiger partial charge is 0.236 e. The fraction of sp³-hybridized carbons (Fsp3) is 0.0833. The van der Waals surface area contributed by atoms with Gasteiger partial charge in [0.25, 0.3) is 0 Å². The number of anilines is 1. The molecule has 0 unspecified atom stereocenters. The van der Waals surface area contributed by atoms with E-state index in [1.54, 1.807) is 24.4 Å². The van der Waals surface area contributed by atoms with Crippen LogP contribution in [0.3, 0.4) is 0 Å². The van der Waals surface area contributed by atoms with E-state index in [2.05, 4.69) is 25.6 Å². The number of hydrogen-bond donors (Lipinski definition) is 1. The Morgan fingerprint density at radius 1 is 1.17 bits per heavy atom. The monoisotopic (exact) mass is 326 g/mol. The maximum absolute atomic E-state index is 11.9. The van der Waals surface area contributed by atoms with E-state index in [4.69, 9.17) is 0 Å². The van der Waals surface area contributed by atoms with Gasteiger partial charge in [-0.3, -0.25) is 9.71 Å². The molecule has 0 fully saturated rings. The van der Waals surface area contributed by atoms with E-state index in [0.29, 0.717) is 5.69 Å². The van der Waals surface area contributed by atoms with Crippen LogP contribution in [0.2, 0.25) is 0 Å². The van der Waals surface area contributed by atoms with Crippen molar-refractivity contribution in [2.75, 3.05) is 4.72 Å². The van der Waals surface area contributed by atoms with Crippen LogP contribution in [-0.4, -0.2) is 13.4 Å². The molecule has 0 atom stereocenters. The first-order valence-corrected chi connectivity index (χ1v) is 7.65. The molecule has 1 aromatic heterocycles. The topological polar surface area (TPSA) is 59.1 Å². The van der Waals surface area contributed by atoms with Gasteiger partial charge in [0.05, 0.1) is 17.6 Å². The first-order chi connectivity index (χ1) is 8.55. The lowest BCUT2D eigenvalue weighted by Crippen LogP contribution is -2.15. The molecule has 1 N–H and O–H groups in total. The molecule has 0 spiro atoms. The summed E-state index contributed by atoms with van der Waals surface area (Å²) in [4.78, 5) is 3.90. The number of hydrogen-bond acceptors (Lipinski definition) is 3. The van der Waals surface area contributed by atoms with E-state index in [1.807, 2.05) is 18.2 Å². The fourth-order valence-electron chi connectivity index (χ4n) is 1.48. The van der Waals surface area contributed by atoms with Gasteiger partial charge < -0.3 is 0 Å².